The average molecular weight is 450 g/mol. The Morgan fingerprint density at radius 1 is 1.03 bits per heavy atom. The monoisotopic (exact) mass is 449 g/mol. The Labute approximate surface area is 193 Å². The molecule has 2 heterocycles. The largest absolute Gasteiger partial charge is 0.497 e. The predicted molar refractivity (Wildman–Crippen MR) is 126 cm³/mol. The van der Waals surface area contributed by atoms with Gasteiger partial charge in [0.2, 0.25) is 0 Å². The topological polar surface area (TPSA) is 82.2 Å². The number of aromatic nitrogens is 1. The number of benzene rings is 2. The van der Waals surface area contributed by atoms with Crippen LogP contribution in [0.5, 0.6) is 11.5 Å². The molecule has 1 aliphatic heterocycles. The van der Waals surface area contributed by atoms with Gasteiger partial charge >= 0.3 is 0 Å². The zero-order chi connectivity index (χ0) is 23.0. The molecule has 1 aliphatic rings. The van der Waals surface area contributed by atoms with Crippen molar-refractivity contribution in [1.82, 2.24) is 4.98 Å². The average Bonchev–Trinajstić information content (AvgIpc) is 2.88. The molecule has 1 saturated heterocycles. The van der Waals surface area contributed by atoms with Crippen molar-refractivity contribution in [3.05, 3.63) is 66.2 Å². The van der Waals surface area contributed by atoms with E-state index in [4.69, 9.17) is 23.9 Å². The SMILES string of the molecule is COCOc1ccc(-c2ccc(C(=O)Nc3cccc(OC)c3)c(N3CCOCC3)n2)cc1. The maximum atomic E-state index is 13.2. The summed E-state index contributed by atoms with van der Waals surface area (Å²) in [6.07, 6.45) is 0. The maximum Gasteiger partial charge on any atom is 0.259 e. The Kier molecular flexibility index (Phi) is 7.39. The van der Waals surface area contributed by atoms with Crippen molar-refractivity contribution in [3.63, 3.8) is 0 Å². The van der Waals surface area contributed by atoms with E-state index in [1.54, 1.807) is 20.3 Å². The first kappa shape index (κ1) is 22.6. The third-order valence-corrected chi connectivity index (χ3v) is 5.25. The normalized spacial score (nSPS) is 13.5. The molecular weight excluding hydrogens is 422 g/mol. The lowest BCUT2D eigenvalue weighted by molar-refractivity contribution is 0.0511. The number of rotatable bonds is 8. The summed E-state index contributed by atoms with van der Waals surface area (Å²) in [5.41, 5.74) is 2.85. The van der Waals surface area contributed by atoms with Gasteiger partial charge in [0.05, 0.1) is 31.6 Å². The second-order valence-electron chi connectivity index (χ2n) is 7.43. The van der Waals surface area contributed by atoms with Crippen LogP contribution in [0.4, 0.5) is 11.5 Å². The van der Waals surface area contributed by atoms with Gasteiger partial charge in [-0.05, 0) is 48.5 Å². The molecule has 1 fully saturated rings. The van der Waals surface area contributed by atoms with Crippen LogP contribution in [0.25, 0.3) is 11.3 Å². The highest BCUT2D eigenvalue weighted by Gasteiger charge is 2.21. The summed E-state index contributed by atoms with van der Waals surface area (Å²) in [4.78, 5) is 20.2. The summed E-state index contributed by atoms with van der Waals surface area (Å²) < 4.78 is 21.2. The Morgan fingerprint density at radius 2 is 1.82 bits per heavy atom. The quantitative estimate of drug-likeness (QED) is 0.524. The van der Waals surface area contributed by atoms with Crippen LogP contribution in [0.1, 0.15) is 10.4 Å². The van der Waals surface area contributed by atoms with Crippen molar-refractivity contribution < 1.29 is 23.7 Å². The number of nitrogens with zero attached hydrogens (tertiary/aromatic N) is 2. The van der Waals surface area contributed by atoms with E-state index in [0.717, 1.165) is 11.3 Å². The number of carbonyl (C=O) groups excluding carboxylic acids is 1. The molecule has 0 saturated carbocycles. The molecule has 172 valence electrons. The Balaban J connectivity index is 1.63. The number of ether oxygens (including phenoxy) is 4. The zero-order valence-corrected chi connectivity index (χ0v) is 18.7. The molecule has 0 atom stereocenters. The van der Waals surface area contributed by atoms with E-state index in [1.807, 2.05) is 54.6 Å². The van der Waals surface area contributed by atoms with Gasteiger partial charge < -0.3 is 29.2 Å². The molecule has 2 aromatic carbocycles. The molecule has 1 N–H and O–H groups in total. The standard InChI is InChI=1S/C25H27N3O5/c1-30-17-33-20-8-6-18(7-9-20)23-11-10-22(24(27-23)28-12-14-32-15-13-28)25(29)26-19-4-3-5-21(16-19)31-2/h3-11,16H,12-15,17H2,1-2H3,(H,26,29). The molecule has 8 heteroatoms. The smallest absolute Gasteiger partial charge is 0.259 e. The van der Waals surface area contributed by atoms with Crippen LogP contribution in [-0.2, 0) is 9.47 Å². The van der Waals surface area contributed by atoms with Crippen molar-refractivity contribution in [2.45, 2.75) is 0 Å². The fourth-order valence-corrected chi connectivity index (χ4v) is 3.55. The number of hydrogen-bond acceptors (Lipinski definition) is 7. The zero-order valence-electron chi connectivity index (χ0n) is 18.7. The van der Waals surface area contributed by atoms with Crippen molar-refractivity contribution in [1.29, 1.82) is 0 Å². The molecule has 1 amide bonds. The lowest BCUT2D eigenvalue weighted by Gasteiger charge is -2.29. The minimum Gasteiger partial charge on any atom is -0.497 e. The molecule has 8 nitrogen and oxygen atoms in total. The molecule has 4 rings (SSSR count). The number of anilines is 2. The third kappa shape index (κ3) is 5.60. The van der Waals surface area contributed by atoms with Crippen molar-refractivity contribution >= 4 is 17.4 Å². The summed E-state index contributed by atoms with van der Waals surface area (Å²) in [5, 5.41) is 2.95. The van der Waals surface area contributed by atoms with Crippen LogP contribution in [0.15, 0.2) is 60.7 Å². The number of amides is 1. The van der Waals surface area contributed by atoms with Crippen LogP contribution >= 0.6 is 0 Å². The van der Waals surface area contributed by atoms with Gasteiger partial charge in [0.15, 0.2) is 6.79 Å². The van der Waals surface area contributed by atoms with E-state index in [0.29, 0.717) is 54.9 Å². The summed E-state index contributed by atoms with van der Waals surface area (Å²) >= 11 is 0. The lowest BCUT2D eigenvalue weighted by Crippen LogP contribution is -2.38. The van der Waals surface area contributed by atoms with E-state index in [-0.39, 0.29) is 12.7 Å². The van der Waals surface area contributed by atoms with Gasteiger partial charge in [-0.2, -0.15) is 0 Å². The summed E-state index contributed by atoms with van der Waals surface area (Å²) in [6.45, 7) is 2.71. The third-order valence-electron chi connectivity index (χ3n) is 5.25. The Morgan fingerprint density at radius 3 is 2.55 bits per heavy atom. The second-order valence-corrected chi connectivity index (χ2v) is 7.43. The Bertz CT molecular complexity index is 1080. The fourth-order valence-electron chi connectivity index (χ4n) is 3.55. The molecule has 0 unspecified atom stereocenters. The second kappa shape index (κ2) is 10.8. The molecule has 0 radical (unpaired) electrons. The maximum absolute atomic E-state index is 13.2. The first-order chi connectivity index (χ1) is 16.2. The highest BCUT2D eigenvalue weighted by molar-refractivity contribution is 6.08. The van der Waals surface area contributed by atoms with Gasteiger partial charge in [0.1, 0.15) is 17.3 Å². The number of hydrogen-bond donors (Lipinski definition) is 1. The first-order valence-electron chi connectivity index (χ1n) is 10.7. The minimum absolute atomic E-state index is 0.190. The van der Waals surface area contributed by atoms with E-state index in [9.17, 15) is 4.79 Å². The van der Waals surface area contributed by atoms with Gasteiger partial charge in [-0.3, -0.25) is 4.79 Å². The minimum atomic E-state index is -0.230. The number of methoxy groups -OCH3 is 2. The molecular formula is C25H27N3O5. The van der Waals surface area contributed by atoms with Crippen molar-refractivity contribution in [3.8, 4) is 22.8 Å². The van der Waals surface area contributed by atoms with E-state index in [1.165, 1.54) is 0 Å². The predicted octanol–water partition coefficient (Wildman–Crippen LogP) is 3.83. The Hall–Kier alpha value is -3.62. The van der Waals surface area contributed by atoms with Crippen molar-refractivity contribution in [2.75, 3.05) is 57.5 Å². The van der Waals surface area contributed by atoms with Gasteiger partial charge in [-0.25, -0.2) is 4.98 Å². The van der Waals surface area contributed by atoms with Crippen LogP contribution in [-0.4, -0.2) is 58.2 Å². The molecule has 3 aromatic rings. The highest BCUT2D eigenvalue weighted by atomic mass is 16.7. The molecule has 0 aliphatic carbocycles. The number of nitrogens with one attached hydrogen (secondary N) is 1. The number of morpholine rings is 1. The van der Waals surface area contributed by atoms with Gasteiger partial charge in [0, 0.05) is 37.5 Å². The summed E-state index contributed by atoms with van der Waals surface area (Å²) in [5.74, 6) is 1.79. The van der Waals surface area contributed by atoms with Crippen LogP contribution in [0.3, 0.4) is 0 Å². The molecule has 0 bridgehead atoms. The summed E-state index contributed by atoms with van der Waals surface area (Å²) in [6, 6.07) is 18.6. The van der Waals surface area contributed by atoms with Crippen LogP contribution in [0, 0.1) is 0 Å². The fraction of sp³-hybridized carbons (Fsp3) is 0.280. The van der Waals surface area contributed by atoms with Gasteiger partial charge in [0.25, 0.3) is 5.91 Å². The highest BCUT2D eigenvalue weighted by Crippen LogP contribution is 2.28. The van der Waals surface area contributed by atoms with Crippen LogP contribution < -0.4 is 19.7 Å². The van der Waals surface area contributed by atoms with Gasteiger partial charge in [-0.15, -0.1) is 0 Å². The van der Waals surface area contributed by atoms with E-state index in [2.05, 4.69) is 10.2 Å². The van der Waals surface area contributed by atoms with E-state index < -0.39 is 0 Å². The van der Waals surface area contributed by atoms with Crippen LogP contribution in [0.2, 0.25) is 0 Å². The summed E-state index contributed by atoms with van der Waals surface area (Å²) in [7, 11) is 3.17. The van der Waals surface area contributed by atoms with Gasteiger partial charge in [-0.1, -0.05) is 6.07 Å². The first-order valence-corrected chi connectivity index (χ1v) is 10.7. The van der Waals surface area contributed by atoms with Crippen molar-refractivity contribution in [2.24, 2.45) is 0 Å². The molecule has 0 spiro atoms. The van der Waals surface area contributed by atoms with E-state index >= 15 is 0 Å². The number of pyridine rings is 1. The molecule has 33 heavy (non-hydrogen) atoms. The number of carbonyl (C=O) groups is 1. The molecule has 1 aromatic heterocycles. The lowest BCUT2D eigenvalue weighted by atomic mass is 10.1.